The highest BCUT2D eigenvalue weighted by Crippen LogP contribution is 2.22. The van der Waals surface area contributed by atoms with Crippen molar-refractivity contribution in [3.63, 3.8) is 0 Å². The topological polar surface area (TPSA) is 36.4 Å². The summed E-state index contributed by atoms with van der Waals surface area (Å²) >= 11 is 0. The zero-order chi connectivity index (χ0) is 15.9. The molecule has 4 nitrogen and oxygen atoms in total. The summed E-state index contributed by atoms with van der Waals surface area (Å²) in [5, 5.41) is 0. The predicted molar refractivity (Wildman–Crippen MR) is 91.3 cm³/mol. The van der Waals surface area contributed by atoms with Crippen molar-refractivity contribution in [1.82, 2.24) is 9.88 Å². The number of carbonyl (C=O) groups is 1. The minimum absolute atomic E-state index is 0.0579. The van der Waals surface area contributed by atoms with E-state index < -0.39 is 0 Å². The van der Waals surface area contributed by atoms with Gasteiger partial charge in [-0.1, -0.05) is 20.8 Å². The van der Waals surface area contributed by atoms with Crippen molar-refractivity contribution < 1.29 is 4.79 Å². The molecule has 1 saturated heterocycles. The van der Waals surface area contributed by atoms with Crippen molar-refractivity contribution in [3.05, 3.63) is 24.0 Å². The zero-order valence-corrected chi connectivity index (χ0v) is 14.2. The van der Waals surface area contributed by atoms with Crippen molar-refractivity contribution >= 4 is 11.6 Å². The van der Waals surface area contributed by atoms with Gasteiger partial charge >= 0.3 is 0 Å². The first-order valence-corrected chi connectivity index (χ1v) is 8.66. The van der Waals surface area contributed by atoms with Gasteiger partial charge in [0.1, 0.15) is 5.69 Å². The van der Waals surface area contributed by atoms with Crippen LogP contribution in [0.15, 0.2) is 18.3 Å². The highest BCUT2D eigenvalue weighted by Gasteiger charge is 2.18. The summed E-state index contributed by atoms with van der Waals surface area (Å²) in [6.45, 7) is 10.3. The van der Waals surface area contributed by atoms with Crippen LogP contribution < -0.4 is 4.90 Å². The maximum absolute atomic E-state index is 12.5. The van der Waals surface area contributed by atoms with Gasteiger partial charge in [0.25, 0.3) is 5.91 Å². The molecule has 0 spiro atoms. The van der Waals surface area contributed by atoms with E-state index in [0.717, 1.165) is 50.6 Å². The Morgan fingerprint density at radius 2 is 1.86 bits per heavy atom. The van der Waals surface area contributed by atoms with Gasteiger partial charge in [0.15, 0.2) is 0 Å². The molecule has 1 aliphatic heterocycles. The van der Waals surface area contributed by atoms with Crippen molar-refractivity contribution in [2.75, 3.05) is 31.1 Å². The van der Waals surface area contributed by atoms with Crippen LogP contribution >= 0.6 is 0 Å². The van der Waals surface area contributed by atoms with Gasteiger partial charge in [0.05, 0.1) is 11.9 Å². The highest BCUT2D eigenvalue weighted by molar-refractivity contribution is 5.92. The number of piperidine rings is 1. The second-order valence-corrected chi connectivity index (χ2v) is 6.36. The van der Waals surface area contributed by atoms with Gasteiger partial charge in [-0.05, 0) is 43.7 Å². The van der Waals surface area contributed by atoms with Crippen LogP contribution in [-0.4, -0.2) is 42.0 Å². The first kappa shape index (κ1) is 16.8. The minimum Gasteiger partial charge on any atom is -0.370 e. The molecule has 0 unspecified atom stereocenters. The van der Waals surface area contributed by atoms with Crippen molar-refractivity contribution in [3.8, 4) is 0 Å². The highest BCUT2D eigenvalue weighted by atomic mass is 16.2. The van der Waals surface area contributed by atoms with E-state index in [0.29, 0.717) is 5.69 Å². The van der Waals surface area contributed by atoms with Gasteiger partial charge in [0.2, 0.25) is 0 Å². The molecule has 1 amide bonds. The molecule has 1 aliphatic rings. The van der Waals surface area contributed by atoms with E-state index in [9.17, 15) is 4.79 Å². The fourth-order valence-corrected chi connectivity index (χ4v) is 2.98. The van der Waals surface area contributed by atoms with E-state index in [1.165, 1.54) is 12.8 Å². The van der Waals surface area contributed by atoms with Crippen LogP contribution in [0.2, 0.25) is 0 Å². The molecule has 22 heavy (non-hydrogen) atoms. The van der Waals surface area contributed by atoms with Gasteiger partial charge in [0, 0.05) is 26.2 Å². The number of rotatable bonds is 6. The number of anilines is 1. The standard InChI is InChI=1S/C18H29N3O/c1-4-10-21(11-5-2)18(22)17-7-6-16(14-19-17)20-12-8-15(3)9-13-20/h6-7,14-15H,4-5,8-13H2,1-3H3. The van der Waals surface area contributed by atoms with Crippen LogP contribution in [0, 0.1) is 5.92 Å². The van der Waals surface area contributed by atoms with E-state index in [2.05, 4.69) is 30.7 Å². The summed E-state index contributed by atoms with van der Waals surface area (Å²) in [5.41, 5.74) is 1.71. The van der Waals surface area contributed by atoms with Crippen LogP contribution in [-0.2, 0) is 0 Å². The van der Waals surface area contributed by atoms with Gasteiger partial charge in [-0.15, -0.1) is 0 Å². The second kappa shape index (κ2) is 8.16. The summed E-state index contributed by atoms with van der Waals surface area (Å²) in [4.78, 5) is 21.2. The largest absolute Gasteiger partial charge is 0.370 e. The van der Waals surface area contributed by atoms with E-state index in [4.69, 9.17) is 0 Å². The lowest BCUT2D eigenvalue weighted by Gasteiger charge is -2.32. The lowest BCUT2D eigenvalue weighted by Crippen LogP contribution is -2.34. The zero-order valence-electron chi connectivity index (χ0n) is 14.2. The molecular weight excluding hydrogens is 274 g/mol. The molecule has 0 radical (unpaired) electrons. The first-order valence-electron chi connectivity index (χ1n) is 8.66. The summed E-state index contributed by atoms with van der Waals surface area (Å²) in [6.07, 6.45) is 6.30. The Kier molecular flexibility index (Phi) is 6.22. The molecule has 1 aromatic heterocycles. The third-order valence-corrected chi connectivity index (χ3v) is 4.39. The number of amides is 1. The van der Waals surface area contributed by atoms with E-state index in [1.807, 2.05) is 23.2 Å². The number of aromatic nitrogens is 1. The number of nitrogens with zero attached hydrogens (tertiary/aromatic N) is 3. The first-order chi connectivity index (χ1) is 10.7. The van der Waals surface area contributed by atoms with Gasteiger partial charge in [-0.3, -0.25) is 4.79 Å². The second-order valence-electron chi connectivity index (χ2n) is 6.36. The maximum Gasteiger partial charge on any atom is 0.272 e. The molecule has 0 N–H and O–H groups in total. The molecule has 2 heterocycles. The predicted octanol–water partition coefficient (Wildman–Crippen LogP) is 3.58. The quantitative estimate of drug-likeness (QED) is 0.806. The summed E-state index contributed by atoms with van der Waals surface area (Å²) < 4.78 is 0. The average Bonchev–Trinajstić information content (AvgIpc) is 2.55. The molecule has 4 heteroatoms. The monoisotopic (exact) mass is 303 g/mol. The molecule has 1 fully saturated rings. The normalized spacial score (nSPS) is 15.9. The van der Waals surface area contributed by atoms with Gasteiger partial charge in [-0.25, -0.2) is 4.98 Å². The SMILES string of the molecule is CCCN(CCC)C(=O)c1ccc(N2CCC(C)CC2)cn1. The molecule has 2 rings (SSSR count). The Morgan fingerprint density at radius 1 is 1.23 bits per heavy atom. The fourth-order valence-electron chi connectivity index (χ4n) is 2.98. The number of pyridine rings is 1. The molecule has 1 aromatic rings. The minimum atomic E-state index is 0.0579. The van der Waals surface area contributed by atoms with Crippen LogP contribution in [0.3, 0.4) is 0 Å². The van der Waals surface area contributed by atoms with Crippen LogP contribution in [0.25, 0.3) is 0 Å². The van der Waals surface area contributed by atoms with E-state index in [1.54, 1.807) is 0 Å². The Bertz CT molecular complexity index is 458. The van der Waals surface area contributed by atoms with Gasteiger partial charge in [-0.2, -0.15) is 0 Å². The Morgan fingerprint density at radius 3 is 2.36 bits per heavy atom. The van der Waals surface area contributed by atoms with Crippen LogP contribution in [0.5, 0.6) is 0 Å². The van der Waals surface area contributed by atoms with Crippen LogP contribution in [0.1, 0.15) is 56.9 Å². The lowest BCUT2D eigenvalue weighted by molar-refractivity contribution is 0.0749. The molecular formula is C18H29N3O. The summed E-state index contributed by atoms with van der Waals surface area (Å²) in [5.74, 6) is 0.879. The summed E-state index contributed by atoms with van der Waals surface area (Å²) in [6, 6.07) is 3.93. The lowest BCUT2D eigenvalue weighted by atomic mass is 9.99. The number of hydrogen-bond donors (Lipinski definition) is 0. The number of hydrogen-bond acceptors (Lipinski definition) is 3. The molecule has 0 aromatic carbocycles. The van der Waals surface area contributed by atoms with Crippen molar-refractivity contribution in [2.24, 2.45) is 5.92 Å². The van der Waals surface area contributed by atoms with E-state index in [-0.39, 0.29) is 5.91 Å². The van der Waals surface area contributed by atoms with Crippen molar-refractivity contribution in [2.45, 2.75) is 46.5 Å². The van der Waals surface area contributed by atoms with Crippen LogP contribution in [0.4, 0.5) is 5.69 Å². The Labute approximate surface area is 134 Å². The molecule has 0 saturated carbocycles. The smallest absolute Gasteiger partial charge is 0.272 e. The molecule has 0 aliphatic carbocycles. The fraction of sp³-hybridized carbons (Fsp3) is 0.667. The maximum atomic E-state index is 12.5. The molecule has 0 bridgehead atoms. The Hall–Kier alpha value is -1.58. The molecule has 0 atom stereocenters. The Balaban J connectivity index is 2.02. The third kappa shape index (κ3) is 4.21. The molecule has 122 valence electrons. The third-order valence-electron chi connectivity index (χ3n) is 4.39. The summed E-state index contributed by atoms with van der Waals surface area (Å²) in [7, 11) is 0. The number of carbonyl (C=O) groups excluding carboxylic acids is 1. The average molecular weight is 303 g/mol. The van der Waals surface area contributed by atoms with Gasteiger partial charge < -0.3 is 9.80 Å². The van der Waals surface area contributed by atoms with E-state index >= 15 is 0 Å². The van der Waals surface area contributed by atoms with Crippen molar-refractivity contribution in [1.29, 1.82) is 0 Å².